The maximum Gasteiger partial charge on any atom is 0.147 e. The number of sulfone groups is 1. The molecule has 6 nitrogen and oxygen atoms in total. The summed E-state index contributed by atoms with van der Waals surface area (Å²) in [5, 5.41) is 9.39. The van der Waals surface area contributed by atoms with E-state index in [1.165, 1.54) is 12.6 Å². The Labute approximate surface area is 83.0 Å². The van der Waals surface area contributed by atoms with Gasteiger partial charge in [-0.05, 0) is 13.5 Å². The molecule has 1 heterocycles. The first kappa shape index (κ1) is 11.1. The molecule has 0 amide bonds. The summed E-state index contributed by atoms with van der Waals surface area (Å²) in [6.07, 6.45) is 3.12. The highest BCUT2D eigenvalue weighted by molar-refractivity contribution is 7.90. The molecule has 7 heteroatoms. The van der Waals surface area contributed by atoms with Crippen LogP contribution in [0.4, 0.5) is 0 Å². The van der Waals surface area contributed by atoms with Gasteiger partial charge in [0, 0.05) is 6.26 Å². The van der Waals surface area contributed by atoms with Crippen LogP contribution < -0.4 is 5.32 Å². The molecule has 0 radical (unpaired) electrons. The highest BCUT2D eigenvalue weighted by Crippen LogP contribution is 2.11. The van der Waals surface area contributed by atoms with Gasteiger partial charge in [0.15, 0.2) is 0 Å². The number of H-pyrrole nitrogens is 1. The molecule has 0 fully saturated rings. The van der Waals surface area contributed by atoms with E-state index in [0.29, 0.717) is 12.2 Å². The summed E-state index contributed by atoms with van der Waals surface area (Å²) in [4.78, 5) is 3.96. The first-order valence-electron chi connectivity index (χ1n) is 4.23. The zero-order valence-electron chi connectivity index (χ0n) is 8.19. The number of hydrogen-bond donors (Lipinski definition) is 2. The van der Waals surface area contributed by atoms with Crippen LogP contribution >= 0.6 is 0 Å². The second kappa shape index (κ2) is 4.52. The van der Waals surface area contributed by atoms with Crippen LogP contribution in [0.1, 0.15) is 18.3 Å². The van der Waals surface area contributed by atoms with Gasteiger partial charge in [-0.3, -0.25) is 5.10 Å². The Balaban J connectivity index is 2.57. The number of nitrogens with one attached hydrogen (secondary N) is 2. The fraction of sp³-hybridized carbons (Fsp3) is 0.714. The Morgan fingerprint density at radius 2 is 2.36 bits per heavy atom. The van der Waals surface area contributed by atoms with Crippen molar-refractivity contribution in [3.63, 3.8) is 0 Å². The van der Waals surface area contributed by atoms with Crippen LogP contribution in [-0.4, -0.2) is 42.7 Å². The summed E-state index contributed by atoms with van der Waals surface area (Å²) in [5.41, 5.74) is 0. The van der Waals surface area contributed by atoms with Crippen LogP contribution in [0.2, 0.25) is 0 Å². The predicted molar refractivity (Wildman–Crippen MR) is 52.5 cm³/mol. The van der Waals surface area contributed by atoms with E-state index in [1.54, 1.807) is 7.05 Å². The van der Waals surface area contributed by atoms with Crippen molar-refractivity contribution in [2.75, 3.05) is 19.1 Å². The number of aromatic amines is 1. The van der Waals surface area contributed by atoms with Crippen LogP contribution in [-0.2, 0) is 9.84 Å². The summed E-state index contributed by atoms with van der Waals surface area (Å²) in [5.74, 6) is 0.801. The third kappa shape index (κ3) is 3.43. The van der Waals surface area contributed by atoms with Gasteiger partial charge in [-0.15, -0.1) is 0 Å². The van der Waals surface area contributed by atoms with Crippen LogP contribution in [0.15, 0.2) is 6.33 Å². The van der Waals surface area contributed by atoms with E-state index in [0.717, 1.165) is 0 Å². The van der Waals surface area contributed by atoms with Crippen molar-refractivity contribution >= 4 is 9.84 Å². The monoisotopic (exact) mass is 218 g/mol. The van der Waals surface area contributed by atoms with Gasteiger partial charge in [-0.25, -0.2) is 13.4 Å². The molecule has 1 aromatic heterocycles. The first-order chi connectivity index (χ1) is 6.53. The van der Waals surface area contributed by atoms with Gasteiger partial charge in [-0.1, -0.05) is 0 Å². The molecule has 0 aliphatic heterocycles. The lowest BCUT2D eigenvalue weighted by Crippen LogP contribution is -2.21. The molecule has 1 rings (SSSR count). The lowest BCUT2D eigenvalue weighted by atomic mass is 10.2. The molecular weight excluding hydrogens is 204 g/mol. The minimum atomic E-state index is -2.92. The van der Waals surface area contributed by atoms with Crippen LogP contribution in [0.3, 0.4) is 0 Å². The highest BCUT2D eigenvalue weighted by Gasteiger charge is 2.14. The summed E-state index contributed by atoms with van der Waals surface area (Å²) < 4.78 is 21.9. The minimum Gasteiger partial charge on any atom is -0.310 e. The van der Waals surface area contributed by atoms with E-state index in [9.17, 15) is 8.42 Å². The molecule has 0 spiro atoms. The Hall–Kier alpha value is -0.950. The Morgan fingerprint density at radius 3 is 2.79 bits per heavy atom. The van der Waals surface area contributed by atoms with E-state index in [2.05, 4.69) is 20.5 Å². The fourth-order valence-corrected chi connectivity index (χ4v) is 1.80. The molecule has 0 saturated heterocycles. The van der Waals surface area contributed by atoms with E-state index >= 15 is 0 Å². The number of rotatable bonds is 5. The normalized spacial score (nSPS) is 14.1. The summed E-state index contributed by atoms with van der Waals surface area (Å²) >= 11 is 0. The quantitative estimate of drug-likeness (QED) is 0.695. The maximum atomic E-state index is 10.9. The molecule has 0 aromatic carbocycles. The molecule has 14 heavy (non-hydrogen) atoms. The molecule has 0 aliphatic rings. The van der Waals surface area contributed by atoms with Gasteiger partial charge < -0.3 is 5.32 Å². The van der Waals surface area contributed by atoms with Crippen molar-refractivity contribution in [1.82, 2.24) is 20.5 Å². The second-order valence-electron chi connectivity index (χ2n) is 3.13. The van der Waals surface area contributed by atoms with Gasteiger partial charge in [0.1, 0.15) is 22.0 Å². The van der Waals surface area contributed by atoms with Gasteiger partial charge >= 0.3 is 0 Å². The standard InChI is InChI=1S/C7H14N4O2S/c1-8-6(3-4-14(2,12)13)7-9-5-10-11-7/h5-6,8H,3-4H2,1-2H3,(H,9,10,11). The maximum absolute atomic E-state index is 10.9. The lowest BCUT2D eigenvalue weighted by Gasteiger charge is -2.11. The molecule has 1 unspecified atom stereocenters. The zero-order valence-corrected chi connectivity index (χ0v) is 9.00. The fourth-order valence-electron chi connectivity index (χ4n) is 1.13. The lowest BCUT2D eigenvalue weighted by molar-refractivity contribution is 0.537. The largest absolute Gasteiger partial charge is 0.310 e. The topological polar surface area (TPSA) is 87.7 Å². The van der Waals surface area contributed by atoms with Gasteiger partial charge in [0.25, 0.3) is 0 Å². The summed E-state index contributed by atoms with van der Waals surface area (Å²) in [7, 11) is -1.16. The third-order valence-corrected chi connectivity index (χ3v) is 2.87. The van der Waals surface area contributed by atoms with Gasteiger partial charge in [0.05, 0.1) is 11.8 Å². The van der Waals surface area contributed by atoms with Crippen LogP contribution in [0.25, 0.3) is 0 Å². The van der Waals surface area contributed by atoms with E-state index in [-0.39, 0.29) is 11.8 Å². The predicted octanol–water partition coefficient (Wildman–Crippen LogP) is -0.500. The van der Waals surface area contributed by atoms with Crippen molar-refractivity contribution in [3.05, 3.63) is 12.2 Å². The molecule has 1 aromatic rings. The zero-order chi connectivity index (χ0) is 10.6. The van der Waals surface area contributed by atoms with E-state index in [1.807, 2.05) is 0 Å². The Kier molecular flexibility index (Phi) is 3.59. The van der Waals surface area contributed by atoms with E-state index in [4.69, 9.17) is 0 Å². The highest BCUT2D eigenvalue weighted by atomic mass is 32.2. The smallest absolute Gasteiger partial charge is 0.147 e. The van der Waals surface area contributed by atoms with Gasteiger partial charge in [0.2, 0.25) is 0 Å². The third-order valence-electron chi connectivity index (χ3n) is 1.89. The van der Waals surface area contributed by atoms with Crippen molar-refractivity contribution in [2.24, 2.45) is 0 Å². The summed E-state index contributed by atoms with van der Waals surface area (Å²) in [6.45, 7) is 0. The van der Waals surface area contributed by atoms with Crippen molar-refractivity contribution in [1.29, 1.82) is 0 Å². The molecule has 0 aliphatic carbocycles. The van der Waals surface area contributed by atoms with E-state index < -0.39 is 9.84 Å². The van der Waals surface area contributed by atoms with Crippen LogP contribution in [0.5, 0.6) is 0 Å². The molecule has 0 bridgehead atoms. The molecule has 80 valence electrons. The summed E-state index contributed by atoms with van der Waals surface area (Å²) in [6, 6.07) is -0.0905. The number of hydrogen-bond acceptors (Lipinski definition) is 5. The Bertz CT molecular complexity index is 359. The van der Waals surface area contributed by atoms with Crippen LogP contribution in [0, 0.1) is 0 Å². The molecule has 0 saturated carbocycles. The minimum absolute atomic E-state index is 0.0905. The molecule has 2 N–H and O–H groups in total. The first-order valence-corrected chi connectivity index (χ1v) is 6.29. The Morgan fingerprint density at radius 1 is 1.64 bits per heavy atom. The van der Waals surface area contributed by atoms with Crippen molar-refractivity contribution < 1.29 is 8.42 Å². The van der Waals surface area contributed by atoms with Crippen molar-refractivity contribution in [3.8, 4) is 0 Å². The van der Waals surface area contributed by atoms with Crippen molar-refractivity contribution in [2.45, 2.75) is 12.5 Å². The SMILES string of the molecule is CNC(CCS(C)(=O)=O)c1ncn[nH]1. The average Bonchev–Trinajstić information content (AvgIpc) is 2.56. The van der Waals surface area contributed by atoms with Gasteiger partial charge in [-0.2, -0.15) is 5.10 Å². The molecular formula is C7H14N4O2S. The molecule has 1 atom stereocenters. The number of aromatic nitrogens is 3. The second-order valence-corrected chi connectivity index (χ2v) is 5.39. The average molecular weight is 218 g/mol. The number of nitrogens with zero attached hydrogens (tertiary/aromatic N) is 2.